The Morgan fingerprint density at radius 1 is 1.11 bits per heavy atom. The lowest BCUT2D eigenvalue weighted by molar-refractivity contribution is 0.0926. The Morgan fingerprint density at radius 3 is 2.61 bits per heavy atom. The second kappa shape index (κ2) is 8.40. The molecule has 1 aromatic heterocycles. The van der Waals surface area contributed by atoms with Crippen molar-refractivity contribution in [2.75, 3.05) is 13.1 Å². The summed E-state index contributed by atoms with van der Waals surface area (Å²) in [5.74, 6) is -0.0251. The number of rotatable bonds is 6. The predicted octanol–water partition coefficient (Wildman–Crippen LogP) is 3.44. The van der Waals surface area contributed by atoms with Gasteiger partial charge in [0.1, 0.15) is 0 Å². The highest BCUT2D eigenvalue weighted by molar-refractivity contribution is 5.94. The van der Waals surface area contributed by atoms with Gasteiger partial charge in [-0.1, -0.05) is 31.2 Å². The molecule has 0 fully saturated rings. The Kier molecular flexibility index (Phi) is 5.53. The number of nitrogens with zero attached hydrogens (tertiary/aromatic N) is 3. The van der Waals surface area contributed by atoms with Gasteiger partial charge in [0.05, 0.1) is 5.69 Å². The van der Waals surface area contributed by atoms with Gasteiger partial charge in [-0.15, -0.1) is 0 Å². The molecule has 28 heavy (non-hydrogen) atoms. The molecule has 1 N–H and O–H groups in total. The maximum absolute atomic E-state index is 12.6. The highest BCUT2D eigenvalue weighted by Gasteiger charge is 2.22. The minimum Gasteiger partial charge on any atom is -0.350 e. The molecular formula is C23H26N4O. The van der Waals surface area contributed by atoms with Crippen molar-refractivity contribution >= 4 is 5.91 Å². The number of carbonyl (C=O) groups excluding carboxylic acids is 1. The van der Waals surface area contributed by atoms with E-state index in [1.54, 1.807) is 10.9 Å². The molecule has 3 aromatic rings. The monoisotopic (exact) mass is 374 g/mol. The second-order valence-corrected chi connectivity index (χ2v) is 7.26. The van der Waals surface area contributed by atoms with Crippen LogP contribution in [0, 0.1) is 0 Å². The zero-order valence-corrected chi connectivity index (χ0v) is 16.2. The number of amides is 1. The second-order valence-electron chi connectivity index (χ2n) is 7.26. The van der Waals surface area contributed by atoms with Crippen LogP contribution in [-0.2, 0) is 13.0 Å². The molecule has 1 aliphatic rings. The first-order valence-electron chi connectivity index (χ1n) is 9.93. The van der Waals surface area contributed by atoms with Crippen molar-refractivity contribution in [1.29, 1.82) is 0 Å². The Morgan fingerprint density at radius 2 is 1.89 bits per heavy atom. The Bertz CT molecular complexity index is 918. The fourth-order valence-corrected chi connectivity index (χ4v) is 3.86. The van der Waals surface area contributed by atoms with E-state index >= 15 is 0 Å². The topological polar surface area (TPSA) is 50.2 Å². The zero-order chi connectivity index (χ0) is 19.3. The molecule has 1 unspecified atom stereocenters. The van der Waals surface area contributed by atoms with Crippen LogP contribution in [-0.4, -0.2) is 39.7 Å². The van der Waals surface area contributed by atoms with Gasteiger partial charge >= 0.3 is 0 Å². The fraction of sp³-hybridized carbons (Fsp3) is 0.304. The van der Waals surface area contributed by atoms with Crippen molar-refractivity contribution in [3.05, 3.63) is 83.7 Å². The molecule has 0 aliphatic carbocycles. The fourth-order valence-electron chi connectivity index (χ4n) is 3.86. The van der Waals surface area contributed by atoms with Gasteiger partial charge in [0, 0.05) is 43.6 Å². The first-order chi connectivity index (χ1) is 13.7. The largest absolute Gasteiger partial charge is 0.350 e. The number of nitrogens with one attached hydrogen (secondary N) is 1. The van der Waals surface area contributed by atoms with E-state index in [2.05, 4.69) is 46.5 Å². The highest BCUT2D eigenvalue weighted by atomic mass is 16.1. The number of aromatic nitrogens is 2. The Hall–Kier alpha value is -2.92. The highest BCUT2D eigenvalue weighted by Crippen LogP contribution is 2.21. The van der Waals surface area contributed by atoms with E-state index < -0.39 is 0 Å². The third-order valence-electron chi connectivity index (χ3n) is 5.54. The minimum atomic E-state index is -0.0251. The van der Waals surface area contributed by atoms with Gasteiger partial charge in [0.2, 0.25) is 0 Å². The molecule has 5 nitrogen and oxygen atoms in total. The van der Waals surface area contributed by atoms with Gasteiger partial charge in [-0.2, -0.15) is 5.10 Å². The zero-order valence-electron chi connectivity index (χ0n) is 16.2. The average Bonchev–Trinajstić information content (AvgIpc) is 3.29. The van der Waals surface area contributed by atoms with Crippen LogP contribution < -0.4 is 5.32 Å². The van der Waals surface area contributed by atoms with Crippen molar-refractivity contribution in [3.63, 3.8) is 0 Å². The smallest absolute Gasteiger partial charge is 0.251 e. The maximum Gasteiger partial charge on any atom is 0.251 e. The van der Waals surface area contributed by atoms with Gasteiger partial charge in [-0.25, -0.2) is 4.68 Å². The van der Waals surface area contributed by atoms with Gasteiger partial charge in [0.15, 0.2) is 0 Å². The normalized spacial score (nSPS) is 15.0. The van der Waals surface area contributed by atoms with Crippen LogP contribution in [0.1, 0.15) is 34.8 Å². The molecule has 2 aromatic carbocycles. The van der Waals surface area contributed by atoms with Crippen LogP contribution in [0.15, 0.2) is 67.0 Å². The van der Waals surface area contributed by atoms with Crippen molar-refractivity contribution < 1.29 is 4.79 Å². The predicted molar refractivity (Wildman–Crippen MR) is 111 cm³/mol. The molecule has 1 aliphatic heterocycles. The molecule has 0 bridgehead atoms. The van der Waals surface area contributed by atoms with E-state index in [0.717, 1.165) is 31.6 Å². The first kappa shape index (κ1) is 18.4. The molecule has 0 spiro atoms. The lowest BCUT2D eigenvalue weighted by atomic mass is 9.98. The standard InChI is InChI=1S/C23H26N4O/c1-2-21(26-15-12-18-6-3-4-7-20(18)17-26)16-24-23(28)19-8-10-22(11-9-19)27-14-5-13-25-27/h3-11,13-14,21H,2,12,15-17H2,1H3,(H,24,28). The lowest BCUT2D eigenvalue weighted by Gasteiger charge is -2.35. The summed E-state index contributed by atoms with van der Waals surface area (Å²) < 4.78 is 1.78. The summed E-state index contributed by atoms with van der Waals surface area (Å²) >= 11 is 0. The number of carbonyl (C=O) groups is 1. The summed E-state index contributed by atoms with van der Waals surface area (Å²) in [6.45, 7) is 4.86. The summed E-state index contributed by atoms with van der Waals surface area (Å²) in [5, 5.41) is 7.33. The van der Waals surface area contributed by atoms with E-state index in [9.17, 15) is 4.79 Å². The van der Waals surface area contributed by atoms with E-state index in [-0.39, 0.29) is 5.91 Å². The molecule has 0 saturated carbocycles. The number of fused-ring (bicyclic) bond motifs is 1. The third kappa shape index (κ3) is 3.99. The van der Waals surface area contributed by atoms with E-state index in [1.807, 2.05) is 36.5 Å². The minimum absolute atomic E-state index is 0.0251. The molecule has 1 amide bonds. The number of benzene rings is 2. The first-order valence-corrected chi connectivity index (χ1v) is 9.93. The third-order valence-corrected chi connectivity index (χ3v) is 5.54. The number of hydrogen-bond donors (Lipinski definition) is 1. The Balaban J connectivity index is 1.35. The van der Waals surface area contributed by atoms with Gasteiger partial charge in [-0.3, -0.25) is 9.69 Å². The van der Waals surface area contributed by atoms with Crippen LogP contribution in [0.3, 0.4) is 0 Å². The number of hydrogen-bond acceptors (Lipinski definition) is 3. The molecule has 144 valence electrons. The summed E-state index contributed by atoms with van der Waals surface area (Å²) in [6, 6.07) is 18.4. The van der Waals surface area contributed by atoms with Gasteiger partial charge in [-0.05, 0) is 54.3 Å². The van der Waals surface area contributed by atoms with Gasteiger partial charge < -0.3 is 5.32 Å². The van der Waals surface area contributed by atoms with Crippen molar-refractivity contribution in [2.24, 2.45) is 0 Å². The molecule has 0 radical (unpaired) electrons. The molecule has 2 heterocycles. The summed E-state index contributed by atoms with van der Waals surface area (Å²) in [5.41, 5.74) is 4.48. The average molecular weight is 374 g/mol. The molecular weight excluding hydrogens is 348 g/mol. The lowest BCUT2D eigenvalue weighted by Crippen LogP contribution is -2.45. The summed E-state index contributed by atoms with van der Waals surface area (Å²) in [6.07, 6.45) is 5.72. The SMILES string of the molecule is CCC(CNC(=O)c1ccc(-n2cccn2)cc1)N1CCc2ccccc2C1. The molecule has 4 rings (SSSR count). The molecule has 5 heteroatoms. The van der Waals surface area contributed by atoms with Crippen LogP contribution in [0.4, 0.5) is 0 Å². The summed E-state index contributed by atoms with van der Waals surface area (Å²) in [7, 11) is 0. The quantitative estimate of drug-likeness (QED) is 0.719. The van der Waals surface area contributed by atoms with Crippen LogP contribution in [0.2, 0.25) is 0 Å². The molecule has 1 atom stereocenters. The van der Waals surface area contributed by atoms with Crippen LogP contribution >= 0.6 is 0 Å². The Labute approximate surface area is 166 Å². The van der Waals surface area contributed by atoms with E-state index in [4.69, 9.17) is 0 Å². The molecule has 0 saturated heterocycles. The van der Waals surface area contributed by atoms with E-state index in [0.29, 0.717) is 18.2 Å². The van der Waals surface area contributed by atoms with Crippen LogP contribution in [0.5, 0.6) is 0 Å². The van der Waals surface area contributed by atoms with Crippen LogP contribution in [0.25, 0.3) is 5.69 Å². The van der Waals surface area contributed by atoms with Crippen molar-refractivity contribution in [2.45, 2.75) is 32.4 Å². The van der Waals surface area contributed by atoms with Crippen molar-refractivity contribution in [1.82, 2.24) is 20.0 Å². The maximum atomic E-state index is 12.6. The summed E-state index contributed by atoms with van der Waals surface area (Å²) in [4.78, 5) is 15.1. The van der Waals surface area contributed by atoms with E-state index in [1.165, 1.54) is 11.1 Å². The van der Waals surface area contributed by atoms with Crippen molar-refractivity contribution in [3.8, 4) is 5.69 Å². The van der Waals surface area contributed by atoms with Gasteiger partial charge in [0.25, 0.3) is 5.91 Å².